The number of halogens is 1. The number of carbonyl (C=O) groups is 1. The first-order valence-corrected chi connectivity index (χ1v) is 6.36. The topological polar surface area (TPSA) is 104 Å². The van der Waals surface area contributed by atoms with E-state index in [1.807, 2.05) is 6.20 Å². The average molecular weight is 289 g/mol. The molecule has 1 fully saturated rings. The van der Waals surface area contributed by atoms with Gasteiger partial charge >= 0.3 is 0 Å². The Balaban J connectivity index is 0.00000180. The summed E-state index contributed by atoms with van der Waals surface area (Å²) in [6.07, 6.45) is 5.77. The minimum Gasteiger partial charge on any atom is -0.392 e. The van der Waals surface area contributed by atoms with Crippen LogP contribution in [0.4, 0.5) is 0 Å². The second-order valence-electron chi connectivity index (χ2n) is 4.89. The fourth-order valence-corrected chi connectivity index (χ4v) is 2.32. The summed E-state index contributed by atoms with van der Waals surface area (Å²) in [4.78, 5) is 11.9. The summed E-state index contributed by atoms with van der Waals surface area (Å²) in [7, 11) is 0. The average Bonchev–Trinajstić information content (AvgIpc) is 2.85. The molecule has 1 saturated carbocycles. The van der Waals surface area contributed by atoms with Crippen molar-refractivity contribution in [2.45, 2.75) is 37.8 Å². The minimum absolute atomic E-state index is 0. The number of aromatic nitrogens is 2. The molecule has 1 aromatic heterocycles. The van der Waals surface area contributed by atoms with Crippen LogP contribution in [0.15, 0.2) is 12.4 Å². The number of amides is 1. The molecule has 1 aromatic rings. The molecule has 19 heavy (non-hydrogen) atoms. The quantitative estimate of drug-likeness (QED) is 0.625. The van der Waals surface area contributed by atoms with Crippen molar-refractivity contribution in [2.75, 3.05) is 6.54 Å². The number of rotatable bonds is 4. The Kier molecular flexibility index (Phi) is 6.27. The van der Waals surface area contributed by atoms with E-state index in [4.69, 9.17) is 5.73 Å². The zero-order valence-electron chi connectivity index (χ0n) is 10.7. The van der Waals surface area contributed by atoms with Gasteiger partial charge in [0.05, 0.1) is 12.3 Å². The minimum atomic E-state index is -0.458. The van der Waals surface area contributed by atoms with E-state index in [0.717, 1.165) is 12.0 Å². The lowest BCUT2D eigenvalue weighted by molar-refractivity contribution is -0.126. The van der Waals surface area contributed by atoms with Crippen LogP contribution in [0.1, 0.15) is 24.8 Å². The molecule has 108 valence electrons. The number of hydrogen-bond donors (Lipinski definition) is 4. The Morgan fingerprint density at radius 1 is 1.58 bits per heavy atom. The van der Waals surface area contributed by atoms with Crippen LogP contribution in [0.3, 0.4) is 0 Å². The number of aliphatic hydroxyl groups is 1. The van der Waals surface area contributed by atoms with Gasteiger partial charge in [-0.15, -0.1) is 12.4 Å². The lowest BCUT2D eigenvalue weighted by Gasteiger charge is -2.29. The highest BCUT2D eigenvalue weighted by molar-refractivity contribution is 5.85. The lowest BCUT2D eigenvalue weighted by atomic mass is 9.83. The van der Waals surface area contributed by atoms with Gasteiger partial charge in [-0.1, -0.05) is 0 Å². The highest BCUT2D eigenvalue weighted by Crippen LogP contribution is 2.23. The third-order valence-electron chi connectivity index (χ3n) is 3.50. The van der Waals surface area contributed by atoms with Crippen LogP contribution in [0, 0.1) is 5.92 Å². The van der Waals surface area contributed by atoms with E-state index in [1.165, 1.54) is 0 Å². The van der Waals surface area contributed by atoms with Gasteiger partial charge in [0.25, 0.3) is 0 Å². The van der Waals surface area contributed by atoms with Crippen molar-refractivity contribution in [1.29, 1.82) is 0 Å². The van der Waals surface area contributed by atoms with Gasteiger partial charge in [-0.3, -0.25) is 9.89 Å². The third kappa shape index (κ3) is 4.49. The number of H-pyrrole nitrogens is 1. The fraction of sp³-hybridized carbons (Fsp3) is 0.667. The van der Waals surface area contributed by atoms with Crippen molar-refractivity contribution in [3.63, 3.8) is 0 Å². The van der Waals surface area contributed by atoms with Gasteiger partial charge < -0.3 is 16.2 Å². The van der Waals surface area contributed by atoms with Crippen molar-refractivity contribution in [3.8, 4) is 0 Å². The van der Waals surface area contributed by atoms with Crippen molar-refractivity contribution in [3.05, 3.63) is 18.0 Å². The molecule has 1 amide bonds. The highest BCUT2D eigenvalue weighted by Gasteiger charge is 2.30. The van der Waals surface area contributed by atoms with Crippen LogP contribution < -0.4 is 11.1 Å². The maximum Gasteiger partial charge on any atom is 0.223 e. The Labute approximate surface area is 118 Å². The van der Waals surface area contributed by atoms with Crippen LogP contribution in [-0.2, 0) is 11.2 Å². The Morgan fingerprint density at radius 2 is 2.37 bits per heavy atom. The maximum absolute atomic E-state index is 11.9. The maximum atomic E-state index is 11.9. The Hall–Kier alpha value is -1.11. The molecule has 3 atom stereocenters. The van der Waals surface area contributed by atoms with Crippen LogP contribution in [0.5, 0.6) is 0 Å². The number of aromatic amines is 1. The first kappa shape index (κ1) is 15.9. The molecule has 7 heteroatoms. The molecular formula is C12H21ClN4O2. The summed E-state index contributed by atoms with van der Waals surface area (Å²) in [5.41, 5.74) is 6.84. The summed E-state index contributed by atoms with van der Waals surface area (Å²) in [5.74, 6) is -0.0198. The molecule has 0 radical (unpaired) electrons. The summed E-state index contributed by atoms with van der Waals surface area (Å²) < 4.78 is 0. The molecule has 1 aliphatic carbocycles. The van der Waals surface area contributed by atoms with Crippen LogP contribution in [0.25, 0.3) is 0 Å². The van der Waals surface area contributed by atoms with Gasteiger partial charge in [-0.2, -0.15) is 5.10 Å². The number of hydrogen-bond acceptors (Lipinski definition) is 4. The van der Waals surface area contributed by atoms with Gasteiger partial charge in [0.1, 0.15) is 0 Å². The summed E-state index contributed by atoms with van der Waals surface area (Å²) >= 11 is 0. The second-order valence-corrected chi connectivity index (χ2v) is 4.89. The number of nitrogens with two attached hydrogens (primary N) is 1. The van der Waals surface area contributed by atoms with Crippen LogP contribution in [0.2, 0.25) is 0 Å². The largest absolute Gasteiger partial charge is 0.392 e. The molecule has 0 aliphatic heterocycles. The lowest BCUT2D eigenvalue weighted by Crippen LogP contribution is -2.45. The predicted molar refractivity (Wildman–Crippen MR) is 73.9 cm³/mol. The molecule has 5 N–H and O–H groups in total. The van der Waals surface area contributed by atoms with E-state index in [0.29, 0.717) is 25.8 Å². The normalized spacial score (nSPS) is 26.5. The molecule has 1 aliphatic rings. The number of nitrogens with zero attached hydrogens (tertiary/aromatic N) is 1. The van der Waals surface area contributed by atoms with E-state index >= 15 is 0 Å². The first-order chi connectivity index (χ1) is 8.66. The van der Waals surface area contributed by atoms with E-state index in [1.54, 1.807) is 6.20 Å². The van der Waals surface area contributed by atoms with Crippen LogP contribution >= 0.6 is 12.4 Å². The van der Waals surface area contributed by atoms with Gasteiger partial charge in [-0.05, 0) is 31.2 Å². The highest BCUT2D eigenvalue weighted by atomic mass is 35.5. The number of nitrogens with one attached hydrogen (secondary N) is 2. The van der Waals surface area contributed by atoms with E-state index in [9.17, 15) is 9.90 Å². The third-order valence-corrected chi connectivity index (χ3v) is 3.50. The Morgan fingerprint density at radius 3 is 3.00 bits per heavy atom. The molecule has 0 bridgehead atoms. The molecule has 0 saturated heterocycles. The fourth-order valence-electron chi connectivity index (χ4n) is 2.32. The van der Waals surface area contributed by atoms with Crippen molar-refractivity contribution in [2.24, 2.45) is 11.7 Å². The zero-order chi connectivity index (χ0) is 13.0. The monoisotopic (exact) mass is 288 g/mol. The molecule has 0 aromatic carbocycles. The molecule has 0 unspecified atom stereocenters. The zero-order valence-corrected chi connectivity index (χ0v) is 11.5. The smallest absolute Gasteiger partial charge is 0.223 e. The second kappa shape index (κ2) is 7.47. The molecule has 0 spiro atoms. The van der Waals surface area contributed by atoms with E-state index in [2.05, 4.69) is 15.5 Å². The van der Waals surface area contributed by atoms with Crippen molar-refractivity contribution in [1.82, 2.24) is 15.5 Å². The van der Waals surface area contributed by atoms with E-state index < -0.39 is 6.10 Å². The number of carbonyl (C=O) groups excluding carboxylic acids is 1. The van der Waals surface area contributed by atoms with Gasteiger partial charge in [0, 0.05) is 24.7 Å². The SMILES string of the molecule is Cl.N[C@@H]1C[C@@H](C(=O)NCCc2cn[nH]c2)CC[C@H]1O. The first-order valence-electron chi connectivity index (χ1n) is 6.36. The Bertz CT molecular complexity index is 385. The summed E-state index contributed by atoms with van der Waals surface area (Å²) in [5, 5.41) is 19.0. The van der Waals surface area contributed by atoms with Gasteiger partial charge in [0.15, 0.2) is 0 Å². The van der Waals surface area contributed by atoms with E-state index in [-0.39, 0.29) is 30.3 Å². The standard InChI is InChI=1S/C12H20N4O2.ClH/c13-10-5-9(1-2-11(10)17)12(18)14-4-3-8-6-15-16-7-8;/h6-7,9-11,17H,1-5,13H2,(H,14,18)(H,15,16);1H/t9-,10+,11+;/m0./s1. The molecule has 1 heterocycles. The molecule has 2 rings (SSSR count). The van der Waals surface area contributed by atoms with Crippen LogP contribution in [-0.4, -0.2) is 39.9 Å². The van der Waals surface area contributed by atoms with Gasteiger partial charge in [0.2, 0.25) is 5.91 Å². The van der Waals surface area contributed by atoms with Crippen molar-refractivity contribution >= 4 is 18.3 Å². The predicted octanol–water partition coefficient (Wildman–Crippen LogP) is -0.0215. The number of aliphatic hydroxyl groups excluding tert-OH is 1. The molecular weight excluding hydrogens is 268 g/mol. The van der Waals surface area contributed by atoms with Crippen molar-refractivity contribution < 1.29 is 9.90 Å². The van der Waals surface area contributed by atoms with Gasteiger partial charge in [-0.25, -0.2) is 0 Å². The molecule has 6 nitrogen and oxygen atoms in total. The summed E-state index contributed by atoms with van der Waals surface area (Å²) in [6, 6.07) is -0.275. The summed E-state index contributed by atoms with van der Waals surface area (Å²) in [6.45, 7) is 0.604.